The summed E-state index contributed by atoms with van der Waals surface area (Å²) in [6.45, 7) is -0.129. The fraction of sp³-hybridized carbons (Fsp3) is 0.111. The van der Waals surface area contributed by atoms with Crippen molar-refractivity contribution in [3.63, 3.8) is 0 Å². The molecular weight excluding hydrogens is 311 g/mol. The van der Waals surface area contributed by atoms with Gasteiger partial charge in [-0.25, -0.2) is 4.39 Å². The number of hydrogen-bond acceptors (Lipinski definition) is 3. The quantitative estimate of drug-likeness (QED) is 0.761. The molecule has 0 radical (unpaired) electrons. The van der Waals surface area contributed by atoms with E-state index >= 15 is 0 Å². The zero-order valence-electron chi connectivity index (χ0n) is 12.6. The second kappa shape index (κ2) is 5.49. The van der Waals surface area contributed by atoms with Gasteiger partial charge in [0.1, 0.15) is 11.4 Å². The van der Waals surface area contributed by atoms with Crippen molar-refractivity contribution in [2.45, 2.75) is 6.42 Å². The Hall–Kier alpha value is -3.15. The predicted molar refractivity (Wildman–Crippen MR) is 87.9 cm³/mol. The van der Waals surface area contributed by atoms with E-state index in [4.69, 9.17) is 4.74 Å². The molecule has 1 aliphatic heterocycles. The molecule has 0 saturated carbocycles. The number of pyridine rings is 1. The lowest BCUT2D eigenvalue weighted by Gasteiger charge is -2.19. The van der Waals surface area contributed by atoms with Crippen molar-refractivity contribution < 1.29 is 13.9 Å². The van der Waals surface area contributed by atoms with Gasteiger partial charge in [0.05, 0.1) is 0 Å². The summed E-state index contributed by atoms with van der Waals surface area (Å²) in [5, 5.41) is 3.35. The molecule has 0 unspecified atom stereocenters. The van der Waals surface area contributed by atoms with Crippen LogP contribution >= 0.6 is 0 Å². The molecule has 5 nitrogen and oxygen atoms in total. The summed E-state index contributed by atoms with van der Waals surface area (Å²) >= 11 is 0. The minimum Gasteiger partial charge on any atom is -0.481 e. The Kier molecular flexibility index (Phi) is 3.30. The first-order valence-electron chi connectivity index (χ1n) is 7.47. The number of aromatic amines is 1. The molecule has 0 aliphatic carbocycles. The van der Waals surface area contributed by atoms with Crippen LogP contribution in [0.3, 0.4) is 0 Å². The van der Waals surface area contributed by atoms with Crippen LogP contribution in [0.25, 0.3) is 10.9 Å². The molecule has 2 N–H and O–H groups in total. The molecule has 0 fully saturated rings. The van der Waals surface area contributed by atoms with E-state index in [0.717, 1.165) is 10.9 Å². The molecule has 0 saturated heterocycles. The number of nitrogens with one attached hydrogen (secondary N) is 2. The molecule has 120 valence electrons. The molecule has 0 bridgehead atoms. The van der Waals surface area contributed by atoms with Crippen LogP contribution in [0.4, 0.5) is 10.1 Å². The van der Waals surface area contributed by atoms with Crippen molar-refractivity contribution in [3.8, 4) is 5.75 Å². The number of halogens is 1. The zero-order chi connectivity index (χ0) is 16.7. The third-order valence-electron chi connectivity index (χ3n) is 4.02. The largest absolute Gasteiger partial charge is 0.481 e. The highest BCUT2D eigenvalue weighted by atomic mass is 19.1. The molecule has 1 amide bonds. The monoisotopic (exact) mass is 324 g/mol. The van der Waals surface area contributed by atoms with Crippen LogP contribution in [-0.2, 0) is 11.2 Å². The third kappa shape index (κ3) is 2.42. The zero-order valence-corrected chi connectivity index (χ0v) is 12.6. The SMILES string of the molecule is O=C1COc2ccc(Cc3cc4ccccc4[nH]c3=O)c(F)c2N1. The number of anilines is 1. The van der Waals surface area contributed by atoms with Crippen molar-refractivity contribution in [1.82, 2.24) is 4.98 Å². The van der Waals surface area contributed by atoms with Crippen molar-refractivity contribution in [2.75, 3.05) is 11.9 Å². The van der Waals surface area contributed by atoms with Gasteiger partial charge in [-0.1, -0.05) is 24.3 Å². The smallest absolute Gasteiger partial charge is 0.262 e. The van der Waals surface area contributed by atoms with E-state index in [9.17, 15) is 14.0 Å². The topological polar surface area (TPSA) is 71.2 Å². The number of benzene rings is 2. The van der Waals surface area contributed by atoms with Gasteiger partial charge in [-0.2, -0.15) is 0 Å². The molecule has 0 atom stereocenters. The molecular formula is C18H13FN2O3. The van der Waals surface area contributed by atoms with E-state index in [2.05, 4.69) is 10.3 Å². The molecule has 4 rings (SSSR count). The molecule has 1 aromatic heterocycles. The number of carbonyl (C=O) groups is 1. The number of hydrogen-bond donors (Lipinski definition) is 2. The number of H-pyrrole nitrogens is 1. The van der Waals surface area contributed by atoms with Crippen LogP contribution in [-0.4, -0.2) is 17.5 Å². The minimum absolute atomic E-state index is 0.0287. The number of aromatic nitrogens is 1. The lowest BCUT2D eigenvalue weighted by atomic mass is 10.0. The van der Waals surface area contributed by atoms with Gasteiger partial charge < -0.3 is 15.0 Å². The molecule has 0 spiro atoms. The van der Waals surface area contributed by atoms with E-state index < -0.39 is 11.7 Å². The molecule has 2 aromatic carbocycles. The molecule has 24 heavy (non-hydrogen) atoms. The van der Waals surface area contributed by atoms with Crippen LogP contribution in [0.1, 0.15) is 11.1 Å². The van der Waals surface area contributed by atoms with Crippen molar-refractivity contribution >= 4 is 22.5 Å². The van der Waals surface area contributed by atoms with Crippen LogP contribution in [0.5, 0.6) is 5.75 Å². The van der Waals surface area contributed by atoms with E-state index in [1.54, 1.807) is 18.2 Å². The number of amides is 1. The van der Waals surface area contributed by atoms with Crippen molar-refractivity contribution in [3.05, 3.63) is 69.8 Å². The number of ether oxygens (including phenoxy) is 1. The second-order valence-electron chi connectivity index (χ2n) is 5.64. The van der Waals surface area contributed by atoms with Crippen molar-refractivity contribution in [2.24, 2.45) is 0 Å². The minimum atomic E-state index is -0.576. The Balaban J connectivity index is 1.76. The number of para-hydroxylation sites is 1. The fourth-order valence-corrected chi connectivity index (χ4v) is 2.82. The first-order valence-corrected chi connectivity index (χ1v) is 7.47. The van der Waals surface area contributed by atoms with Crippen LogP contribution in [0.15, 0.2) is 47.3 Å². The van der Waals surface area contributed by atoms with Gasteiger partial charge >= 0.3 is 0 Å². The number of rotatable bonds is 2. The van der Waals surface area contributed by atoms with Gasteiger partial charge in [0.15, 0.2) is 12.4 Å². The fourth-order valence-electron chi connectivity index (χ4n) is 2.82. The molecule has 6 heteroatoms. The summed E-state index contributed by atoms with van der Waals surface area (Å²) in [6.07, 6.45) is 0.120. The number of carbonyl (C=O) groups excluding carboxylic acids is 1. The van der Waals surface area contributed by atoms with Gasteiger partial charge in [-0.3, -0.25) is 9.59 Å². The summed E-state index contributed by atoms with van der Waals surface area (Å²) in [7, 11) is 0. The summed E-state index contributed by atoms with van der Waals surface area (Å²) < 4.78 is 19.8. The summed E-state index contributed by atoms with van der Waals surface area (Å²) in [6, 6.07) is 12.3. The van der Waals surface area contributed by atoms with E-state index in [1.807, 2.05) is 24.3 Å². The van der Waals surface area contributed by atoms with Crippen LogP contribution < -0.4 is 15.6 Å². The Morgan fingerprint density at radius 1 is 1.08 bits per heavy atom. The van der Waals surface area contributed by atoms with Gasteiger partial charge in [-0.15, -0.1) is 0 Å². The van der Waals surface area contributed by atoms with Crippen LogP contribution in [0, 0.1) is 5.82 Å². The Morgan fingerprint density at radius 3 is 2.79 bits per heavy atom. The van der Waals surface area contributed by atoms with Gasteiger partial charge in [0.2, 0.25) is 0 Å². The highest BCUT2D eigenvalue weighted by molar-refractivity contribution is 5.95. The Labute approximate surface area is 136 Å². The molecule has 1 aliphatic rings. The van der Waals surface area contributed by atoms with Crippen LogP contribution in [0.2, 0.25) is 0 Å². The maximum Gasteiger partial charge on any atom is 0.262 e. The van der Waals surface area contributed by atoms with Crippen molar-refractivity contribution in [1.29, 1.82) is 0 Å². The highest BCUT2D eigenvalue weighted by Gasteiger charge is 2.22. The summed E-state index contributed by atoms with van der Waals surface area (Å²) in [5.41, 5.74) is 1.28. The lowest BCUT2D eigenvalue weighted by Crippen LogP contribution is -2.26. The third-order valence-corrected chi connectivity index (χ3v) is 4.02. The standard InChI is InChI=1S/C18H13FN2O3/c19-16-11(5-6-14-17(16)21-15(22)9-24-14)8-12-7-10-3-1-2-4-13(10)20-18(12)23/h1-7H,8-9H2,(H,20,23)(H,21,22). The maximum atomic E-state index is 14.7. The second-order valence-corrected chi connectivity index (χ2v) is 5.64. The first-order chi connectivity index (χ1) is 11.6. The normalized spacial score (nSPS) is 13.3. The van der Waals surface area contributed by atoms with Gasteiger partial charge in [0.25, 0.3) is 11.5 Å². The average Bonchev–Trinajstić information content (AvgIpc) is 2.58. The lowest BCUT2D eigenvalue weighted by molar-refractivity contribution is -0.118. The summed E-state index contributed by atoms with van der Waals surface area (Å²) in [4.78, 5) is 26.4. The van der Waals surface area contributed by atoms with E-state index in [0.29, 0.717) is 16.9 Å². The van der Waals surface area contributed by atoms with E-state index in [-0.39, 0.29) is 24.3 Å². The Morgan fingerprint density at radius 2 is 1.92 bits per heavy atom. The number of fused-ring (bicyclic) bond motifs is 2. The van der Waals surface area contributed by atoms with Gasteiger partial charge in [0, 0.05) is 17.5 Å². The molecule has 2 heterocycles. The molecule has 3 aromatic rings. The predicted octanol–water partition coefficient (Wildman–Crippen LogP) is 2.59. The maximum absolute atomic E-state index is 14.7. The highest BCUT2D eigenvalue weighted by Crippen LogP contribution is 2.33. The van der Waals surface area contributed by atoms with E-state index in [1.165, 1.54) is 0 Å². The van der Waals surface area contributed by atoms with Gasteiger partial charge in [-0.05, 0) is 29.1 Å². The first kappa shape index (κ1) is 14.4. The average molecular weight is 324 g/mol. The summed E-state index contributed by atoms with van der Waals surface area (Å²) in [5.74, 6) is -0.682. The Bertz CT molecular complexity index is 1030.